The van der Waals surface area contributed by atoms with E-state index in [9.17, 15) is 15.3 Å². The molecule has 1 aromatic rings. The van der Waals surface area contributed by atoms with E-state index >= 15 is 0 Å². The Hall–Kier alpha value is -1.76. The van der Waals surface area contributed by atoms with Gasteiger partial charge in [0.1, 0.15) is 24.0 Å². The third-order valence-electron chi connectivity index (χ3n) is 3.81. The van der Waals surface area contributed by atoms with Crippen LogP contribution in [0.4, 0.5) is 5.82 Å². The van der Waals surface area contributed by atoms with Gasteiger partial charge < -0.3 is 41.9 Å². The number of nitrogens with zero attached hydrogens (tertiary/aromatic N) is 3. The summed E-state index contributed by atoms with van der Waals surface area (Å²) in [5.74, 6) is 0.0768. The van der Waals surface area contributed by atoms with E-state index in [0.717, 1.165) is 0 Å². The minimum absolute atomic E-state index is 0.0751. The zero-order valence-corrected chi connectivity index (χ0v) is 11.5. The van der Waals surface area contributed by atoms with E-state index in [-0.39, 0.29) is 24.0 Å². The molecule has 1 unspecified atom stereocenters. The summed E-state index contributed by atoms with van der Waals surface area (Å²) in [4.78, 5) is 8.08. The van der Waals surface area contributed by atoms with Gasteiger partial charge in [-0.05, 0) is 0 Å². The van der Waals surface area contributed by atoms with E-state index in [2.05, 4.69) is 15.3 Å². The zero-order chi connectivity index (χ0) is 16.1. The Balaban J connectivity index is 2.02. The van der Waals surface area contributed by atoms with Gasteiger partial charge >= 0.3 is 0 Å². The Morgan fingerprint density at radius 2 is 2.14 bits per heavy atom. The highest BCUT2D eigenvalue weighted by Crippen LogP contribution is 2.37. The summed E-state index contributed by atoms with van der Waals surface area (Å²) in [7, 11) is 0. The van der Waals surface area contributed by atoms with Crippen molar-refractivity contribution in [2.75, 3.05) is 13.2 Å². The van der Waals surface area contributed by atoms with Crippen LogP contribution in [0.3, 0.4) is 0 Å². The van der Waals surface area contributed by atoms with Gasteiger partial charge in [0.15, 0.2) is 23.7 Å². The summed E-state index contributed by atoms with van der Waals surface area (Å²) in [5.41, 5.74) is 9.61. The van der Waals surface area contributed by atoms with Gasteiger partial charge in [0.2, 0.25) is 0 Å². The van der Waals surface area contributed by atoms with Gasteiger partial charge in [-0.2, -0.15) is 4.99 Å². The van der Waals surface area contributed by atoms with E-state index in [1.807, 2.05) is 0 Å². The summed E-state index contributed by atoms with van der Waals surface area (Å²) in [6.45, 7) is -0.658. The van der Waals surface area contributed by atoms with Crippen LogP contribution in [-0.2, 0) is 10.5 Å². The highest BCUT2D eigenvalue weighted by molar-refractivity contribution is 5.83. The average Bonchev–Trinajstić information content (AvgIpc) is 3.02. The first-order valence-electron chi connectivity index (χ1n) is 6.66. The predicted octanol–water partition coefficient (Wildman–Crippen LogP) is -3.85. The van der Waals surface area contributed by atoms with E-state index < -0.39 is 36.9 Å². The van der Waals surface area contributed by atoms with Crippen LogP contribution in [-0.4, -0.2) is 67.4 Å². The predicted molar refractivity (Wildman–Crippen MR) is 72.6 cm³/mol. The van der Waals surface area contributed by atoms with Crippen molar-refractivity contribution in [3.8, 4) is 0 Å². The molecule has 1 aromatic heterocycles. The van der Waals surface area contributed by atoms with Gasteiger partial charge in [-0.25, -0.2) is 4.98 Å². The molecule has 1 saturated heterocycles. The fourth-order valence-electron chi connectivity index (χ4n) is 2.61. The Morgan fingerprint density at radius 1 is 1.41 bits per heavy atom. The number of hydrogen-bond donors (Lipinski definition) is 7. The average molecular weight is 314 g/mol. The van der Waals surface area contributed by atoms with Crippen LogP contribution in [0.5, 0.6) is 0 Å². The van der Waals surface area contributed by atoms with E-state index in [1.54, 1.807) is 0 Å². The van der Waals surface area contributed by atoms with E-state index in [1.165, 1.54) is 10.9 Å². The summed E-state index contributed by atoms with van der Waals surface area (Å²) in [6.07, 6.45) is -3.23. The lowest BCUT2D eigenvalue weighted by Gasteiger charge is -2.30. The second-order valence-corrected chi connectivity index (χ2v) is 5.24. The van der Waals surface area contributed by atoms with Gasteiger partial charge in [-0.15, -0.1) is 0 Å². The number of aliphatic hydroxyl groups is 4. The van der Waals surface area contributed by atoms with Crippen LogP contribution in [0, 0.1) is 0 Å². The second-order valence-electron chi connectivity index (χ2n) is 5.24. The Kier molecular flexibility index (Phi) is 3.55. The molecule has 0 aromatic carbocycles. The number of guanidine groups is 1. The molecule has 0 aliphatic carbocycles. The first-order chi connectivity index (χ1) is 10.4. The highest BCUT2D eigenvalue weighted by atomic mass is 16.6. The van der Waals surface area contributed by atoms with Gasteiger partial charge in [0.25, 0.3) is 0 Å². The lowest BCUT2D eigenvalue weighted by molar-refractivity contribution is -0.0523. The summed E-state index contributed by atoms with van der Waals surface area (Å²) in [5, 5.41) is 42.0. The van der Waals surface area contributed by atoms with Crippen LogP contribution in [0.15, 0.2) is 11.3 Å². The number of fused-ring (bicyclic) bond motifs is 1. The monoisotopic (exact) mass is 314 g/mol. The molecule has 0 spiro atoms. The number of aliphatic imine (C=N–C) groups is 1. The van der Waals surface area contributed by atoms with Crippen molar-refractivity contribution < 1.29 is 25.2 Å². The molecule has 3 rings (SSSR count). The highest BCUT2D eigenvalue weighted by Gasteiger charge is 2.46. The van der Waals surface area contributed by atoms with Crippen molar-refractivity contribution >= 4 is 11.8 Å². The van der Waals surface area contributed by atoms with Gasteiger partial charge in [-0.1, -0.05) is 0 Å². The Morgan fingerprint density at radius 3 is 2.73 bits per heavy atom. The quantitative estimate of drug-likeness (QED) is 0.293. The summed E-state index contributed by atoms with van der Waals surface area (Å²) >= 11 is 0. The first-order valence-corrected chi connectivity index (χ1v) is 6.66. The standard InChI is InChI=1S/C11H18N6O5/c12-2-11(21)7-8(15-10(13)16-11)17(3-14-7)9-6(20)5(19)4(1-18)22-9/h3-6,9,18-21H,1-2,12H2,(H3,13,15,16)/t4-,5-,6-,9-,11?/m1/s1. The largest absolute Gasteiger partial charge is 0.394 e. The van der Waals surface area contributed by atoms with Gasteiger partial charge in [-0.3, -0.25) is 4.57 Å². The van der Waals surface area contributed by atoms with E-state index in [0.29, 0.717) is 0 Å². The Bertz CT molecular complexity index is 606. The van der Waals surface area contributed by atoms with Crippen LogP contribution < -0.4 is 16.8 Å². The first kappa shape index (κ1) is 15.1. The number of nitrogens with one attached hydrogen (secondary N) is 1. The maximum atomic E-state index is 10.4. The van der Waals surface area contributed by atoms with Crippen molar-refractivity contribution in [2.45, 2.75) is 30.3 Å². The fourth-order valence-corrected chi connectivity index (χ4v) is 2.61. The summed E-state index contributed by atoms with van der Waals surface area (Å²) in [6, 6.07) is 0. The second kappa shape index (κ2) is 5.15. The summed E-state index contributed by atoms with van der Waals surface area (Å²) < 4.78 is 6.74. The van der Waals surface area contributed by atoms with Crippen molar-refractivity contribution in [3.05, 3.63) is 12.0 Å². The normalized spacial score (nSPS) is 37.6. The van der Waals surface area contributed by atoms with Crippen LogP contribution >= 0.6 is 0 Å². The van der Waals surface area contributed by atoms with E-state index in [4.69, 9.17) is 21.3 Å². The molecule has 2 aliphatic heterocycles. The molecule has 3 heterocycles. The third-order valence-corrected chi connectivity index (χ3v) is 3.81. The number of aliphatic hydroxyl groups excluding tert-OH is 3. The molecule has 22 heavy (non-hydrogen) atoms. The van der Waals surface area contributed by atoms with Crippen LogP contribution in [0.1, 0.15) is 11.9 Å². The topological polar surface area (TPSA) is 184 Å². The molecule has 2 aliphatic rings. The molecular formula is C11H18N6O5. The molecule has 1 fully saturated rings. The van der Waals surface area contributed by atoms with Crippen LogP contribution in [0.25, 0.3) is 0 Å². The zero-order valence-electron chi connectivity index (χ0n) is 11.5. The van der Waals surface area contributed by atoms with Gasteiger partial charge in [0.05, 0.1) is 12.9 Å². The maximum absolute atomic E-state index is 10.4. The number of nitrogens with two attached hydrogens (primary N) is 2. The Labute approximate surface area is 124 Å². The molecule has 0 bridgehead atoms. The van der Waals surface area contributed by atoms with Crippen LogP contribution in [0.2, 0.25) is 0 Å². The molecule has 5 atom stereocenters. The fraction of sp³-hybridized carbons (Fsp3) is 0.636. The number of rotatable bonds is 3. The molecule has 122 valence electrons. The lowest BCUT2D eigenvalue weighted by Crippen LogP contribution is -2.55. The van der Waals surface area contributed by atoms with Gasteiger partial charge in [0, 0.05) is 6.54 Å². The molecule has 11 heteroatoms. The molecular weight excluding hydrogens is 296 g/mol. The minimum atomic E-state index is -1.69. The number of hydrogen-bond acceptors (Lipinski definition) is 10. The maximum Gasteiger partial charge on any atom is 0.197 e. The van der Waals surface area contributed by atoms with Crippen molar-refractivity contribution in [1.82, 2.24) is 14.9 Å². The lowest BCUT2D eigenvalue weighted by atomic mass is 10.1. The minimum Gasteiger partial charge on any atom is -0.394 e. The molecule has 9 N–H and O–H groups in total. The molecule has 11 nitrogen and oxygen atoms in total. The number of aromatic nitrogens is 2. The molecule has 0 amide bonds. The SMILES string of the molecule is NCC1(O)NC(N)=Nc2c1ncn2[C@@H]1O[C@H](CO)[C@@H](O)[C@H]1O. The van der Waals surface area contributed by atoms with Crippen molar-refractivity contribution in [2.24, 2.45) is 16.5 Å². The third kappa shape index (κ3) is 2.06. The number of imidazole rings is 1. The van der Waals surface area contributed by atoms with Crippen molar-refractivity contribution in [1.29, 1.82) is 0 Å². The smallest absolute Gasteiger partial charge is 0.197 e. The van der Waals surface area contributed by atoms with Crippen molar-refractivity contribution in [3.63, 3.8) is 0 Å². The molecule has 0 saturated carbocycles. The number of ether oxygens (including phenoxy) is 1. The molecule has 0 radical (unpaired) electrons.